The predicted molar refractivity (Wildman–Crippen MR) is 83.5 cm³/mol. The van der Waals surface area contributed by atoms with Crippen molar-refractivity contribution in [1.82, 2.24) is 19.9 Å². The first-order chi connectivity index (χ1) is 10.0. The van der Waals surface area contributed by atoms with E-state index in [4.69, 9.17) is 27.7 Å². The molecule has 0 aliphatic rings. The number of aromatic nitrogens is 4. The molecule has 0 bridgehead atoms. The van der Waals surface area contributed by atoms with E-state index in [-0.39, 0.29) is 0 Å². The first-order valence-electron chi connectivity index (χ1n) is 6.00. The molecule has 21 heavy (non-hydrogen) atoms. The number of hydrogen-bond acceptors (Lipinski definition) is 4. The van der Waals surface area contributed by atoms with Gasteiger partial charge in [-0.05, 0) is 41.1 Å². The third-order valence-corrected chi connectivity index (χ3v) is 4.15. The molecule has 0 aliphatic carbocycles. The van der Waals surface area contributed by atoms with Crippen LogP contribution in [0.15, 0.2) is 33.4 Å². The van der Waals surface area contributed by atoms with Crippen LogP contribution in [-0.4, -0.2) is 19.9 Å². The molecule has 8 heteroatoms. The van der Waals surface area contributed by atoms with E-state index in [0.717, 1.165) is 10.2 Å². The van der Waals surface area contributed by atoms with Gasteiger partial charge < -0.3 is 4.52 Å². The lowest BCUT2D eigenvalue weighted by Gasteiger charge is -1.98. The van der Waals surface area contributed by atoms with Crippen molar-refractivity contribution in [1.29, 1.82) is 0 Å². The van der Waals surface area contributed by atoms with Crippen LogP contribution >= 0.6 is 39.1 Å². The Kier molecular flexibility index (Phi) is 4.01. The van der Waals surface area contributed by atoms with Crippen LogP contribution in [0.3, 0.4) is 0 Å². The lowest BCUT2D eigenvalue weighted by Crippen LogP contribution is -2.00. The van der Waals surface area contributed by atoms with Gasteiger partial charge in [0, 0.05) is 16.8 Å². The topological polar surface area (TPSA) is 56.7 Å². The highest BCUT2D eigenvalue weighted by Crippen LogP contribution is 2.28. The second kappa shape index (κ2) is 5.79. The summed E-state index contributed by atoms with van der Waals surface area (Å²) in [6, 6.07) is 5.13. The third-order valence-electron chi connectivity index (χ3n) is 2.82. The SMILES string of the molecule is Cc1nn(Cc2nc(-c3ccc(Cl)cc3Cl)no2)cc1Br. The lowest BCUT2D eigenvalue weighted by atomic mass is 10.2. The van der Waals surface area contributed by atoms with Crippen LogP contribution in [0, 0.1) is 6.92 Å². The fourth-order valence-electron chi connectivity index (χ4n) is 1.81. The average molecular weight is 388 g/mol. The third kappa shape index (κ3) is 3.12. The molecule has 3 rings (SSSR count). The number of hydrogen-bond donors (Lipinski definition) is 0. The van der Waals surface area contributed by atoms with Crippen molar-refractivity contribution in [3.63, 3.8) is 0 Å². The summed E-state index contributed by atoms with van der Waals surface area (Å²) in [5.74, 6) is 0.876. The van der Waals surface area contributed by atoms with Crippen molar-refractivity contribution >= 4 is 39.1 Å². The zero-order valence-electron chi connectivity index (χ0n) is 10.8. The number of aryl methyl sites for hydroxylation is 1. The van der Waals surface area contributed by atoms with Gasteiger partial charge in [0.25, 0.3) is 0 Å². The van der Waals surface area contributed by atoms with Crippen LogP contribution < -0.4 is 0 Å². The lowest BCUT2D eigenvalue weighted by molar-refractivity contribution is 0.366. The maximum Gasteiger partial charge on any atom is 0.248 e. The summed E-state index contributed by atoms with van der Waals surface area (Å²) in [4.78, 5) is 4.32. The molecule has 0 radical (unpaired) electrons. The molecule has 0 saturated heterocycles. The van der Waals surface area contributed by atoms with Crippen LogP contribution in [0.5, 0.6) is 0 Å². The largest absolute Gasteiger partial charge is 0.337 e. The second-order valence-electron chi connectivity index (χ2n) is 4.40. The zero-order chi connectivity index (χ0) is 15.0. The molecule has 3 aromatic rings. The predicted octanol–water partition coefficient (Wildman–Crippen LogP) is 4.36. The maximum atomic E-state index is 6.13. The molecule has 0 N–H and O–H groups in total. The van der Waals surface area contributed by atoms with E-state index in [1.54, 1.807) is 22.9 Å². The average Bonchev–Trinajstić information content (AvgIpc) is 2.98. The molecule has 108 valence electrons. The Hall–Kier alpha value is -1.37. The van der Waals surface area contributed by atoms with Gasteiger partial charge in [0.2, 0.25) is 11.7 Å². The first kappa shape index (κ1) is 14.6. The van der Waals surface area contributed by atoms with Crippen LogP contribution in [0.4, 0.5) is 0 Å². The molecule has 2 heterocycles. The minimum Gasteiger partial charge on any atom is -0.337 e. The Bertz CT molecular complexity index is 780. The molecule has 0 atom stereocenters. The fraction of sp³-hybridized carbons (Fsp3) is 0.154. The highest BCUT2D eigenvalue weighted by atomic mass is 79.9. The van der Waals surface area contributed by atoms with Gasteiger partial charge in [-0.3, -0.25) is 4.68 Å². The first-order valence-corrected chi connectivity index (χ1v) is 7.55. The van der Waals surface area contributed by atoms with Crippen LogP contribution in [0.25, 0.3) is 11.4 Å². The van der Waals surface area contributed by atoms with E-state index < -0.39 is 0 Å². The summed E-state index contributed by atoms with van der Waals surface area (Å²) in [5.41, 5.74) is 1.57. The van der Waals surface area contributed by atoms with Crippen LogP contribution in [-0.2, 0) is 6.54 Å². The van der Waals surface area contributed by atoms with Gasteiger partial charge in [-0.1, -0.05) is 28.4 Å². The van der Waals surface area contributed by atoms with Crippen molar-refractivity contribution < 1.29 is 4.52 Å². The van der Waals surface area contributed by atoms with Gasteiger partial charge in [-0.15, -0.1) is 0 Å². The molecule has 0 amide bonds. The molecule has 0 aliphatic heterocycles. The van der Waals surface area contributed by atoms with Crippen LogP contribution in [0.1, 0.15) is 11.6 Å². The summed E-state index contributed by atoms with van der Waals surface area (Å²) >= 11 is 15.4. The molecule has 0 fully saturated rings. The smallest absolute Gasteiger partial charge is 0.248 e. The maximum absolute atomic E-state index is 6.13. The van der Waals surface area contributed by atoms with E-state index in [0.29, 0.717) is 33.9 Å². The van der Waals surface area contributed by atoms with Gasteiger partial charge in [-0.2, -0.15) is 10.1 Å². The molecule has 0 spiro atoms. The number of rotatable bonds is 3. The van der Waals surface area contributed by atoms with E-state index >= 15 is 0 Å². The van der Waals surface area contributed by atoms with Crippen molar-refractivity contribution in [2.45, 2.75) is 13.5 Å². The minimum absolute atomic E-state index is 0.394. The molecule has 2 aromatic heterocycles. The van der Waals surface area contributed by atoms with Crippen molar-refractivity contribution in [3.8, 4) is 11.4 Å². The Morgan fingerprint density at radius 1 is 1.33 bits per heavy atom. The normalized spacial score (nSPS) is 11.0. The van der Waals surface area contributed by atoms with Gasteiger partial charge in [0.05, 0.1) is 15.2 Å². The molecule has 1 aromatic carbocycles. The molecular weight excluding hydrogens is 379 g/mol. The Morgan fingerprint density at radius 3 is 2.81 bits per heavy atom. The van der Waals surface area contributed by atoms with Crippen molar-refractivity contribution in [2.75, 3.05) is 0 Å². The number of halogens is 3. The van der Waals surface area contributed by atoms with E-state index in [1.807, 2.05) is 13.1 Å². The second-order valence-corrected chi connectivity index (χ2v) is 6.09. The highest BCUT2D eigenvalue weighted by molar-refractivity contribution is 9.10. The van der Waals surface area contributed by atoms with E-state index in [9.17, 15) is 0 Å². The molecule has 5 nitrogen and oxygen atoms in total. The van der Waals surface area contributed by atoms with Gasteiger partial charge in [0.15, 0.2) is 0 Å². The minimum atomic E-state index is 0.394. The summed E-state index contributed by atoms with van der Waals surface area (Å²) in [5, 5.41) is 9.29. The Morgan fingerprint density at radius 2 is 2.14 bits per heavy atom. The zero-order valence-corrected chi connectivity index (χ0v) is 13.9. The molecule has 0 saturated carbocycles. The summed E-state index contributed by atoms with van der Waals surface area (Å²) < 4.78 is 7.88. The van der Waals surface area contributed by atoms with Gasteiger partial charge in [-0.25, -0.2) is 0 Å². The standard InChI is InChI=1S/C13H9BrCl2N4O/c1-7-10(14)5-20(18-7)6-12-17-13(19-21-12)9-3-2-8(15)4-11(9)16/h2-5H,6H2,1H3. The summed E-state index contributed by atoms with van der Waals surface area (Å²) in [6.07, 6.45) is 1.86. The summed E-state index contributed by atoms with van der Waals surface area (Å²) in [7, 11) is 0. The fourth-order valence-corrected chi connectivity index (χ4v) is 2.62. The van der Waals surface area contributed by atoms with E-state index in [1.165, 1.54) is 0 Å². The monoisotopic (exact) mass is 386 g/mol. The van der Waals surface area contributed by atoms with Crippen molar-refractivity contribution in [3.05, 3.63) is 50.5 Å². The molecule has 0 unspecified atom stereocenters. The van der Waals surface area contributed by atoms with E-state index in [2.05, 4.69) is 31.2 Å². The number of nitrogens with zero attached hydrogens (tertiary/aromatic N) is 4. The van der Waals surface area contributed by atoms with Crippen molar-refractivity contribution in [2.24, 2.45) is 0 Å². The highest BCUT2D eigenvalue weighted by Gasteiger charge is 2.13. The van der Waals surface area contributed by atoms with Gasteiger partial charge >= 0.3 is 0 Å². The Labute approximate surface area is 139 Å². The number of benzene rings is 1. The Balaban J connectivity index is 1.86. The summed E-state index contributed by atoms with van der Waals surface area (Å²) in [6.45, 7) is 2.30. The molecular formula is C13H9BrCl2N4O. The van der Waals surface area contributed by atoms with Gasteiger partial charge in [0.1, 0.15) is 6.54 Å². The van der Waals surface area contributed by atoms with Crippen LogP contribution in [0.2, 0.25) is 10.0 Å². The quantitative estimate of drug-likeness (QED) is 0.669.